The molecule has 0 unspecified atom stereocenters. The number of rotatable bonds is 4. The summed E-state index contributed by atoms with van der Waals surface area (Å²) in [5.41, 5.74) is 2.41. The van der Waals surface area contributed by atoms with Crippen LogP contribution >= 0.6 is 0 Å². The van der Waals surface area contributed by atoms with Gasteiger partial charge in [-0.05, 0) is 36.0 Å². The van der Waals surface area contributed by atoms with Crippen LogP contribution in [0.3, 0.4) is 0 Å². The molecule has 1 amide bonds. The Morgan fingerprint density at radius 2 is 2.10 bits per heavy atom. The molecule has 1 fully saturated rings. The van der Waals surface area contributed by atoms with Crippen molar-refractivity contribution in [3.8, 4) is 5.75 Å². The van der Waals surface area contributed by atoms with Gasteiger partial charge in [-0.3, -0.25) is 4.79 Å². The van der Waals surface area contributed by atoms with E-state index in [0.29, 0.717) is 5.41 Å². The highest BCUT2D eigenvalue weighted by Crippen LogP contribution is 2.35. The van der Waals surface area contributed by atoms with Crippen LogP contribution in [-0.2, 0) is 11.3 Å². The third kappa shape index (κ3) is 3.56. The molecular formula is C17H24N2O2. The maximum Gasteiger partial charge on any atom is 0.262 e. The molecule has 21 heavy (non-hydrogen) atoms. The summed E-state index contributed by atoms with van der Waals surface area (Å²) in [4.78, 5) is 11.3. The molecule has 3 rings (SSSR count). The molecule has 4 heteroatoms. The van der Waals surface area contributed by atoms with E-state index in [1.54, 1.807) is 0 Å². The molecule has 1 saturated carbocycles. The summed E-state index contributed by atoms with van der Waals surface area (Å²) < 4.78 is 5.37. The Kier molecular flexibility index (Phi) is 4.15. The molecule has 2 N–H and O–H groups in total. The molecule has 0 bridgehead atoms. The average Bonchev–Trinajstić information content (AvgIpc) is 2.47. The van der Waals surface area contributed by atoms with Gasteiger partial charge in [0, 0.05) is 13.1 Å². The lowest BCUT2D eigenvalue weighted by molar-refractivity contribution is -0.118. The Hall–Kier alpha value is -1.55. The van der Waals surface area contributed by atoms with Crippen LogP contribution < -0.4 is 15.4 Å². The van der Waals surface area contributed by atoms with Gasteiger partial charge in [-0.15, -0.1) is 0 Å². The topological polar surface area (TPSA) is 50.4 Å². The van der Waals surface area contributed by atoms with Gasteiger partial charge in [0.2, 0.25) is 0 Å². The van der Waals surface area contributed by atoms with Crippen molar-refractivity contribution in [2.75, 3.05) is 18.5 Å². The van der Waals surface area contributed by atoms with Crippen LogP contribution in [0.15, 0.2) is 18.2 Å². The van der Waals surface area contributed by atoms with Gasteiger partial charge in [-0.1, -0.05) is 32.3 Å². The maximum absolute atomic E-state index is 11.3. The molecule has 114 valence electrons. The minimum absolute atomic E-state index is 0.0812. The van der Waals surface area contributed by atoms with Crippen LogP contribution in [-0.4, -0.2) is 19.1 Å². The Morgan fingerprint density at radius 3 is 2.90 bits per heavy atom. The van der Waals surface area contributed by atoms with Crippen molar-refractivity contribution < 1.29 is 9.53 Å². The first-order valence-electron chi connectivity index (χ1n) is 7.91. The molecule has 4 nitrogen and oxygen atoms in total. The van der Waals surface area contributed by atoms with E-state index in [-0.39, 0.29) is 12.5 Å². The highest BCUT2D eigenvalue weighted by molar-refractivity contribution is 5.95. The van der Waals surface area contributed by atoms with Crippen LogP contribution in [0.4, 0.5) is 5.69 Å². The summed E-state index contributed by atoms with van der Waals surface area (Å²) in [7, 11) is 0. The van der Waals surface area contributed by atoms with Crippen LogP contribution in [0.1, 0.15) is 44.6 Å². The Bertz CT molecular complexity index is 522. The number of carbonyl (C=O) groups is 1. The van der Waals surface area contributed by atoms with E-state index >= 15 is 0 Å². The van der Waals surface area contributed by atoms with Gasteiger partial charge in [0.15, 0.2) is 6.61 Å². The van der Waals surface area contributed by atoms with Gasteiger partial charge < -0.3 is 15.4 Å². The van der Waals surface area contributed by atoms with Gasteiger partial charge >= 0.3 is 0 Å². The number of amides is 1. The van der Waals surface area contributed by atoms with E-state index in [0.717, 1.165) is 24.5 Å². The Labute approximate surface area is 126 Å². The number of hydrogen-bond donors (Lipinski definition) is 2. The number of carbonyl (C=O) groups excluding carboxylic acids is 1. The zero-order valence-electron chi connectivity index (χ0n) is 12.7. The SMILES string of the molecule is CC1(CNCc2ccc3c(c2)NC(=O)CO3)CCCCC1. The number of nitrogens with one attached hydrogen (secondary N) is 2. The predicted octanol–water partition coefficient (Wildman–Crippen LogP) is 3.08. The highest BCUT2D eigenvalue weighted by atomic mass is 16.5. The van der Waals surface area contributed by atoms with Gasteiger partial charge in [0.25, 0.3) is 5.91 Å². The molecule has 2 aliphatic rings. The van der Waals surface area contributed by atoms with E-state index in [1.165, 1.54) is 37.7 Å². The Morgan fingerprint density at radius 1 is 1.29 bits per heavy atom. The summed E-state index contributed by atoms with van der Waals surface area (Å²) in [6.45, 7) is 4.40. The lowest BCUT2D eigenvalue weighted by Gasteiger charge is -2.33. The molecule has 1 aromatic rings. The highest BCUT2D eigenvalue weighted by Gasteiger charge is 2.26. The van der Waals surface area contributed by atoms with E-state index in [2.05, 4.69) is 23.6 Å². The second kappa shape index (κ2) is 6.06. The van der Waals surface area contributed by atoms with Gasteiger partial charge in [0.05, 0.1) is 5.69 Å². The molecule has 1 aliphatic carbocycles. The molecule has 1 aromatic carbocycles. The maximum atomic E-state index is 11.3. The lowest BCUT2D eigenvalue weighted by Crippen LogP contribution is -2.33. The molecule has 0 radical (unpaired) electrons. The summed E-state index contributed by atoms with van der Waals surface area (Å²) in [6, 6.07) is 6.00. The number of fused-ring (bicyclic) bond motifs is 1. The number of anilines is 1. The van der Waals surface area contributed by atoms with Crippen LogP contribution in [0.2, 0.25) is 0 Å². The van der Waals surface area contributed by atoms with E-state index in [4.69, 9.17) is 4.74 Å². The first kappa shape index (κ1) is 14.4. The second-order valence-corrected chi connectivity index (χ2v) is 6.64. The first-order chi connectivity index (χ1) is 10.1. The molecular weight excluding hydrogens is 264 g/mol. The minimum atomic E-state index is -0.0812. The van der Waals surface area contributed by atoms with Gasteiger partial charge in [0.1, 0.15) is 5.75 Å². The molecule has 0 saturated heterocycles. The van der Waals surface area contributed by atoms with E-state index in [1.807, 2.05) is 12.1 Å². The molecule has 1 heterocycles. The summed E-state index contributed by atoms with van der Waals surface area (Å²) in [6.07, 6.45) is 6.77. The van der Waals surface area contributed by atoms with Gasteiger partial charge in [-0.2, -0.15) is 0 Å². The standard InChI is InChI=1S/C17H24N2O2/c1-17(7-3-2-4-8-17)12-18-10-13-5-6-15-14(9-13)19-16(20)11-21-15/h5-6,9,18H,2-4,7-8,10-12H2,1H3,(H,19,20). The van der Waals surface area contributed by atoms with E-state index < -0.39 is 0 Å². The normalized spacial score (nSPS) is 20.3. The number of ether oxygens (including phenoxy) is 1. The van der Waals surface area contributed by atoms with Crippen molar-refractivity contribution >= 4 is 11.6 Å². The van der Waals surface area contributed by atoms with E-state index in [9.17, 15) is 4.79 Å². The van der Waals surface area contributed by atoms with Crippen molar-refractivity contribution in [3.63, 3.8) is 0 Å². The van der Waals surface area contributed by atoms with Crippen LogP contribution in [0.5, 0.6) is 5.75 Å². The summed E-state index contributed by atoms with van der Waals surface area (Å²) in [5.74, 6) is 0.680. The van der Waals surface area contributed by atoms with Crippen molar-refractivity contribution in [3.05, 3.63) is 23.8 Å². The monoisotopic (exact) mass is 288 g/mol. The third-order valence-corrected chi connectivity index (χ3v) is 4.62. The lowest BCUT2D eigenvalue weighted by atomic mass is 9.76. The molecule has 0 aromatic heterocycles. The van der Waals surface area contributed by atoms with Crippen LogP contribution in [0.25, 0.3) is 0 Å². The number of hydrogen-bond acceptors (Lipinski definition) is 3. The van der Waals surface area contributed by atoms with Gasteiger partial charge in [-0.25, -0.2) is 0 Å². The fourth-order valence-electron chi connectivity index (χ4n) is 3.33. The van der Waals surface area contributed by atoms with Crippen molar-refractivity contribution in [1.82, 2.24) is 5.32 Å². The predicted molar refractivity (Wildman–Crippen MR) is 83.5 cm³/mol. The third-order valence-electron chi connectivity index (χ3n) is 4.62. The van der Waals surface area contributed by atoms with Crippen LogP contribution in [0, 0.1) is 5.41 Å². The van der Waals surface area contributed by atoms with Crippen molar-refractivity contribution in [2.24, 2.45) is 5.41 Å². The summed E-state index contributed by atoms with van der Waals surface area (Å²) in [5, 5.41) is 6.43. The van der Waals surface area contributed by atoms with Crippen molar-refractivity contribution in [2.45, 2.75) is 45.6 Å². The quantitative estimate of drug-likeness (QED) is 0.895. The molecule has 0 atom stereocenters. The smallest absolute Gasteiger partial charge is 0.262 e. The fourth-order valence-corrected chi connectivity index (χ4v) is 3.33. The molecule has 0 spiro atoms. The zero-order valence-corrected chi connectivity index (χ0v) is 12.7. The largest absolute Gasteiger partial charge is 0.482 e. The number of benzene rings is 1. The average molecular weight is 288 g/mol. The Balaban J connectivity index is 1.56. The fraction of sp³-hybridized carbons (Fsp3) is 0.588. The van der Waals surface area contributed by atoms with Crippen molar-refractivity contribution in [1.29, 1.82) is 0 Å². The first-order valence-corrected chi connectivity index (χ1v) is 7.91. The summed E-state index contributed by atoms with van der Waals surface area (Å²) >= 11 is 0. The molecule has 1 aliphatic heterocycles. The minimum Gasteiger partial charge on any atom is -0.482 e. The second-order valence-electron chi connectivity index (χ2n) is 6.64. The zero-order chi connectivity index (χ0) is 14.7.